The van der Waals surface area contributed by atoms with E-state index in [2.05, 4.69) is 51.3 Å². The molecule has 14 heavy (non-hydrogen) atoms. The smallest absolute Gasteiger partial charge is 0.0554 e. The maximum Gasteiger partial charge on any atom is 0.0554 e. The summed E-state index contributed by atoms with van der Waals surface area (Å²) in [6, 6.07) is 6.36. The van der Waals surface area contributed by atoms with Crippen LogP contribution in [0.25, 0.3) is 0 Å². The monoisotopic (exact) mass is 192 g/mol. The molecule has 0 saturated heterocycles. The lowest BCUT2D eigenvalue weighted by atomic mass is 9.93. The minimum atomic E-state index is 0.500. The highest BCUT2D eigenvalue weighted by atomic mass is 15.2. The van der Waals surface area contributed by atoms with Crippen LogP contribution in [0.3, 0.4) is 0 Å². The summed E-state index contributed by atoms with van der Waals surface area (Å²) in [5, 5.41) is 0. The highest BCUT2D eigenvalue weighted by Gasteiger charge is 2.11. The van der Waals surface area contributed by atoms with Gasteiger partial charge in [0.1, 0.15) is 0 Å². The van der Waals surface area contributed by atoms with Crippen LogP contribution in [-0.4, -0.2) is 0 Å². The van der Waals surface area contributed by atoms with Gasteiger partial charge >= 0.3 is 0 Å². The summed E-state index contributed by atoms with van der Waals surface area (Å²) in [5.74, 6) is 6.58. The van der Waals surface area contributed by atoms with E-state index < -0.39 is 0 Å². The molecule has 2 nitrogen and oxygen atoms in total. The molecule has 0 aromatic heterocycles. The fraction of sp³-hybridized carbons (Fsp3) is 0.500. The molecule has 0 saturated carbocycles. The summed E-state index contributed by atoms with van der Waals surface area (Å²) < 4.78 is 0. The number of rotatable bonds is 3. The third kappa shape index (κ3) is 2.07. The second-order valence-electron chi connectivity index (χ2n) is 4.27. The van der Waals surface area contributed by atoms with Crippen molar-refractivity contribution < 1.29 is 0 Å². The zero-order valence-electron chi connectivity index (χ0n) is 9.46. The molecule has 0 spiro atoms. The quantitative estimate of drug-likeness (QED) is 0.570. The van der Waals surface area contributed by atoms with Gasteiger partial charge in [-0.25, -0.2) is 0 Å². The summed E-state index contributed by atoms with van der Waals surface area (Å²) in [6.07, 6.45) is 0. The van der Waals surface area contributed by atoms with Gasteiger partial charge in [0, 0.05) is 0 Å². The molecule has 78 valence electrons. The average Bonchev–Trinajstić information content (AvgIpc) is 2.16. The molecule has 0 heterocycles. The van der Waals surface area contributed by atoms with Crippen molar-refractivity contribution in [2.45, 2.75) is 39.5 Å². The molecule has 1 rings (SSSR count). The number of nitrogens with one attached hydrogen (secondary N) is 1. The zero-order chi connectivity index (χ0) is 10.7. The van der Waals surface area contributed by atoms with Gasteiger partial charge in [-0.3, -0.25) is 5.84 Å². The van der Waals surface area contributed by atoms with Crippen LogP contribution in [0.15, 0.2) is 18.2 Å². The third-order valence-electron chi connectivity index (χ3n) is 2.52. The number of nitrogens with two attached hydrogens (primary N) is 1. The summed E-state index contributed by atoms with van der Waals surface area (Å²) in [7, 11) is 0. The Hall–Kier alpha value is -1.02. The van der Waals surface area contributed by atoms with Crippen molar-refractivity contribution in [3.8, 4) is 0 Å². The fourth-order valence-electron chi connectivity index (χ4n) is 1.72. The minimum absolute atomic E-state index is 0.500. The van der Waals surface area contributed by atoms with E-state index in [-0.39, 0.29) is 0 Å². The Morgan fingerprint density at radius 3 is 1.71 bits per heavy atom. The number of para-hydroxylation sites is 1. The van der Waals surface area contributed by atoms with Gasteiger partial charge in [-0.15, -0.1) is 0 Å². The van der Waals surface area contributed by atoms with Gasteiger partial charge in [0.15, 0.2) is 0 Å². The summed E-state index contributed by atoms with van der Waals surface area (Å²) >= 11 is 0. The van der Waals surface area contributed by atoms with Gasteiger partial charge in [-0.2, -0.15) is 0 Å². The predicted molar refractivity (Wildman–Crippen MR) is 62.4 cm³/mol. The number of nitrogen functional groups attached to an aromatic ring is 1. The maximum absolute atomic E-state index is 5.58. The Morgan fingerprint density at radius 1 is 1.00 bits per heavy atom. The first-order valence-corrected chi connectivity index (χ1v) is 5.17. The second-order valence-corrected chi connectivity index (χ2v) is 4.27. The topological polar surface area (TPSA) is 38.0 Å². The number of hydrogen-bond acceptors (Lipinski definition) is 2. The molecule has 0 aliphatic heterocycles. The first-order valence-electron chi connectivity index (χ1n) is 5.17. The van der Waals surface area contributed by atoms with E-state index >= 15 is 0 Å². The molecule has 0 radical (unpaired) electrons. The predicted octanol–water partition coefficient (Wildman–Crippen LogP) is 3.22. The fourth-order valence-corrected chi connectivity index (χ4v) is 1.72. The van der Waals surface area contributed by atoms with Gasteiger partial charge < -0.3 is 5.43 Å². The maximum atomic E-state index is 5.58. The molecule has 0 bridgehead atoms. The van der Waals surface area contributed by atoms with Crippen LogP contribution in [-0.2, 0) is 0 Å². The Kier molecular flexibility index (Phi) is 3.53. The van der Waals surface area contributed by atoms with Crippen LogP contribution in [0.5, 0.6) is 0 Å². The summed E-state index contributed by atoms with van der Waals surface area (Å²) in [4.78, 5) is 0. The number of hydrogen-bond donors (Lipinski definition) is 2. The molecule has 2 heteroatoms. The van der Waals surface area contributed by atoms with Crippen LogP contribution in [0, 0.1) is 0 Å². The van der Waals surface area contributed by atoms with Crippen molar-refractivity contribution in [2.75, 3.05) is 5.43 Å². The van der Waals surface area contributed by atoms with Crippen molar-refractivity contribution in [1.29, 1.82) is 0 Å². The molecule has 3 N–H and O–H groups in total. The summed E-state index contributed by atoms with van der Waals surface area (Å²) in [5.41, 5.74) is 6.50. The molecule has 0 amide bonds. The van der Waals surface area contributed by atoms with Crippen LogP contribution in [0.4, 0.5) is 5.69 Å². The van der Waals surface area contributed by atoms with E-state index in [4.69, 9.17) is 5.84 Å². The van der Waals surface area contributed by atoms with E-state index in [0.717, 1.165) is 5.69 Å². The molecule has 0 aliphatic carbocycles. The number of benzene rings is 1. The highest BCUT2D eigenvalue weighted by molar-refractivity contribution is 5.59. The standard InChI is InChI=1S/C12H20N2/c1-8(2)10-6-5-7-11(9(3)4)12(10)14-13/h5-9,14H,13H2,1-4H3. The van der Waals surface area contributed by atoms with E-state index in [1.807, 2.05) is 0 Å². The minimum Gasteiger partial charge on any atom is -0.324 e. The molecule has 0 unspecified atom stereocenters. The molecule has 1 aromatic rings. The molecule has 0 fully saturated rings. The van der Waals surface area contributed by atoms with Crippen molar-refractivity contribution >= 4 is 5.69 Å². The second kappa shape index (κ2) is 4.47. The highest BCUT2D eigenvalue weighted by Crippen LogP contribution is 2.31. The molecule has 1 aromatic carbocycles. The molecular weight excluding hydrogens is 172 g/mol. The van der Waals surface area contributed by atoms with Gasteiger partial charge in [0.2, 0.25) is 0 Å². The van der Waals surface area contributed by atoms with E-state index in [1.165, 1.54) is 11.1 Å². The van der Waals surface area contributed by atoms with Crippen LogP contribution < -0.4 is 11.3 Å². The van der Waals surface area contributed by atoms with Crippen LogP contribution >= 0.6 is 0 Å². The van der Waals surface area contributed by atoms with Crippen molar-refractivity contribution in [1.82, 2.24) is 0 Å². The average molecular weight is 192 g/mol. The largest absolute Gasteiger partial charge is 0.324 e. The first kappa shape index (κ1) is 11.1. The molecule has 0 atom stereocenters. The van der Waals surface area contributed by atoms with Crippen molar-refractivity contribution in [3.05, 3.63) is 29.3 Å². The van der Waals surface area contributed by atoms with E-state index in [0.29, 0.717) is 11.8 Å². The number of hydrazine groups is 1. The lowest BCUT2D eigenvalue weighted by Gasteiger charge is -2.18. The molecular formula is C12H20N2. The molecule has 0 aliphatic rings. The Morgan fingerprint density at radius 2 is 1.43 bits per heavy atom. The lowest BCUT2D eigenvalue weighted by Crippen LogP contribution is -2.13. The Bertz CT molecular complexity index is 277. The van der Waals surface area contributed by atoms with Crippen LogP contribution in [0.1, 0.15) is 50.7 Å². The van der Waals surface area contributed by atoms with Gasteiger partial charge in [-0.1, -0.05) is 45.9 Å². The Balaban J connectivity index is 3.25. The normalized spacial score (nSPS) is 11.1. The van der Waals surface area contributed by atoms with Crippen LogP contribution in [0.2, 0.25) is 0 Å². The van der Waals surface area contributed by atoms with E-state index in [1.54, 1.807) is 0 Å². The Labute approximate surface area is 86.5 Å². The van der Waals surface area contributed by atoms with Crippen molar-refractivity contribution in [3.63, 3.8) is 0 Å². The van der Waals surface area contributed by atoms with Gasteiger partial charge in [0.25, 0.3) is 0 Å². The first-order chi connectivity index (χ1) is 6.57. The third-order valence-corrected chi connectivity index (χ3v) is 2.52. The SMILES string of the molecule is CC(C)c1cccc(C(C)C)c1NN. The van der Waals surface area contributed by atoms with E-state index in [9.17, 15) is 0 Å². The van der Waals surface area contributed by atoms with Crippen molar-refractivity contribution in [2.24, 2.45) is 5.84 Å². The lowest BCUT2D eigenvalue weighted by molar-refractivity contribution is 0.835. The summed E-state index contributed by atoms with van der Waals surface area (Å²) in [6.45, 7) is 8.72. The van der Waals surface area contributed by atoms with Gasteiger partial charge in [0.05, 0.1) is 5.69 Å². The zero-order valence-corrected chi connectivity index (χ0v) is 9.46. The van der Waals surface area contributed by atoms with Gasteiger partial charge in [-0.05, 0) is 23.0 Å². The number of anilines is 1.